The van der Waals surface area contributed by atoms with E-state index in [0.717, 1.165) is 23.1 Å². The number of benzene rings is 2. The molecule has 0 bridgehead atoms. The lowest BCUT2D eigenvalue weighted by Crippen LogP contribution is -2.49. The molecule has 4 rings (SSSR count). The normalized spacial score (nSPS) is 15.8. The van der Waals surface area contributed by atoms with Crippen LogP contribution in [-0.4, -0.2) is 45.7 Å². The molecule has 0 N–H and O–H groups in total. The van der Waals surface area contributed by atoms with E-state index >= 15 is 0 Å². The summed E-state index contributed by atoms with van der Waals surface area (Å²) in [4.78, 5) is 43.0. The van der Waals surface area contributed by atoms with E-state index in [9.17, 15) is 19.7 Å². The van der Waals surface area contributed by atoms with Crippen LogP contribution in [0.2, 0.25) is 0 Å². The molecule has 1 aliphatic heterocycles. The van der Waals surface area contributed by atoms with Crippen molar-refractivity contribution < 1.29 is 14.5 Å². The van der Waals surface area contributed by atoms with Gasteiger partial charge in [0.1, 0.15) is 6.54 Å². The van der Waals surface area contributed by atoms with Gasteiger partial charge in [-0.15, -0.1) is 11.3 Å². The van der Waals surface area contributed by atoms with Gasteiger partial charge in [-0.25, -0.2) is 0 Å². The van der Waals surface area contributed by atoms with E-state index in [1.807, 2.05) is 25.7 Å². The average Bonchev–Trinajstić information content (AvgIpc) is 3.35. The van der Waals surface area contributed by atoms with E-state index in [2.05, 4.69) is 35.7 Å². The monoisotopic (exact) mass is 505 g/mol. The van der Waals surface area contributed by atoms with Crippen molar-refractivity contribution in [2.24, 2.45) is 0 Å². The molecule has 0 saturated carbocycles. The summed E-state index contributed by atoms with van der Waals surface area (Å²) >= 11 is 1.71. The average molecular weight is 506 g/mol. The van der Waals surface area contributed by atoms with Crippen LogP contribution >= 0.6 is 11.3 Å². The van der Waals surface area contributed by atoms with Crippen LogP contribution in [0.1, 0.15) is 63.8 Å². The molecule has 0 saturated heterocycles. The van der Waals surface area contributed by atoms with Gasteiger partial charge in [-0.1, -0.05) is 42.8 Å². The van der Waals surface area contributed by atoms with Crippen molar-refractivity contribution in [2.45, 2.75) is 52.6 Å². The zero-order valence-corrected chi connectivity index (χ0v) is 21.9. The number of hydrogen-bond donors (Lipinski definition) is 0. The van der Waals surface area contributed by atoms with Crippen LogP contribution < -0.4 is 0 Å². The third-order valence-electron chi connectivity index (χ3n) is 7.02. The maximum Gasteiger partial charge on any atom is 0.273 e. The third-order valence-corrected chi connectivity index (χ3v) is 8.02. The zero-order valence-electron chi connectivity index (χ0n) is 21.1. The highest BCUT2D eigenvalue weighted by molar-refractivity contribution is 7.10. The second kappa shape index (κ2) is 10.6. The Kier molecular flexibility index (Phi) is 7.54. The minimum absolute atomic E-state index is 0.0860. The maximum absolute atomic E-state index is 13.8. The smallest absolute Gasteiger partial charge is 0.273 e. The summed E-state index contributed by atoms with van der Waals surface area (Å²) in [5.41, 5.74) is 3.94. The Balaban J connectivity index is 1.65. The molecule has 188 valence electrons. The molecule has 2 aromatic carbocycles. The lowest BCUT2D eigenvalue weighted by molar-refractivity contribution is -0.385. The molecule has 0 aliphatic carbocycles. The van der Waals surface area contributed by atoms with Crippen molar-refractivity contribution in [1.29, 1.82) is 0 Å². The number of nitrogens with zero attached hydrogens (tertiary/aromatic N) is 3. The topological polar surface area (TPSA) is 83.8 Å². The van der Waals surface area contributed by atoms with Gasteiger partial charge in [0.15, 0.2) is 0 Å². The van der Waals surface area contributed by atoms with E-state index < -0.39 is 4.92 Å². The molecule has 2 unspecified atom stereocenters. The minimum Gasteiger partial charge on any atom is -0.330 e. The van der Waals surface area contributed by atoms with Crippen LogP contribution in [0.25, 0.3) is 0 Å². The molecule has 2 amide bonds. The maximum atomic E-state index is 13.8. The predicted molar refractivity (Wildman–Crippen MR) is 141 cm³/mol. The van der Waals surface area contributed by atoms with Gasteiger partial charge in [-0.2, -0.15) is 0 Å². The first kappa shape index (κ1) is 25.6. The number of rotatable bonds is 7. The van der Waals surface area contributed by atoms with Crippen LogP contribution in [0.4, 0.5) is 5.69 Å². The summed E-state index contributed by atoms with van der Waals surface area (Å²) in [7, 11) is 0. The standard InChI is InChI=1S/C28H31N3O4S/c1-5-20(4)30(28(33)22-11-8-19(3)24(16-22)31(34)35)17-26(32)29-14-12-25-23(13-15-36-25)27(29)21-9-6-18(2)7-10-21/h6-11,13,15-16,20,27H,5,12,14,17H2,1-4H3. The molecule has 0 spiro atoms. The second-order valence-electron chi connectivity index (χ2n) is 9.40. The molecule has 8 heteroatoms. The van der Waals surface area contributed by atoms with Gasteiger partial charge in [-0.05, 0) is 62.3 Å². The van der Waals surface area contributed by atoms with Crippen molar-refractivity contribution in [1.82, 2.24) is 9.80 Å². The summed E-state index contributed by atoms with van der Waals surface area (Å²) < 4.78 is 0. The van der Waals surface area contributed by atoms with E-state index in [0.29, 0.717) is 18.5 Å². The van der Waals surface area contributed by atoms with Gasteiger partial charge < -0.3 is 9.80 Å². The van der Waals surface area contributed by atoms with Gasteiger partial charge >= 0.3 is 0 Å². The van der Waals surface area contributed by atoms with Crippen molar-refractivity contribution in [3.8, 4) is 0 Å². The lowest BCUT2D eigenvalue weighted by Gasteiger charge is -2.38. The van der Waals surface area contributed by atoms with Crippen molar-refractivity contribution >= 4 is 28.8 Å². The number of hydrogen-bond acceptors (Lipinski definition) is 5. The van der Waals surface area contributed by atoms with E-state index in [-0.39, 0.29) is 41.7 Å². The Morgan fingerprint density at radius 1 is 1.17 bits per heavy atom. The lowest BCUT2D eigenvalue weighted by atomic mass is 9.92. The Morgan fingerprint density at radius 2 is 1.89 bits per heavy atom. The molecule has 7 nitrogen and oxygen atoms in total. The molecule has 36 heavy (non-hydrogen) atoms. The third kappa shape index (κ3) is 5.04. The van der Waals surface area contributed by atoms with Gasteiger partial charge in [0.2, 0.25) is 5.91 Å². The fourth-order valence-corrected chi connectivity index (χ4v) is 5.59. The number of carbonyl (C=O) groups excluding carboxylic acids is 2. The summed E-state index contributed by atoms with van der Waals surface area (Å²) in [6, 6.07) is 14.4. The Hall–Kier alpha value is -3.52. The highest BCUT2D eigenvalue weighted by Gasteiger charge is 2.35. The van der Waals surface area contributed by atoms with Gasteiger partial charge in [-0.3, -0.25) is 19.7 Å². The first-order valence-electron chi connectivity index (χ1n) is 12.2. The van der Waals surface area contributed by atoms with Crippen LogP contribution in [0, 0.1) is 24.0 Å². The van der Waals surface area contributed by atoms with Crippen LogP contribution in [0.15, 0.2) is 53.9 Å². The first-order chi connectivity index (χ1) is 17.2. The van der Waals surface area contributed by atoms with E-state index in [4.69, 9.17) is 0 Å². The molecule has 1 aromatic heterocycles. The molecule has 0 fully saturated rings. The summed E-state index contributed by atoms with van der Waals surface area (Å²) in [6.07, 6.45) is 1.44. The minimum atomic E-state index is -0.483. The second-order valence-corrected chi connectivity index (χ2v) is 10.4. The first-order valence-corrected chi connectivity index (χ1v) is 13.1. The highest BCUT2D eigenvalue weighted by Crippen LogP contribution is 2.38. The molecular formula is C28H31N3O4S. The number of aryl methyl sites for hydroxylation is 2. The molecule has 3 aromatic rings. The van der Waals surface area contributed by atoms with Gasteiger partial charge in [0, 0.05) is 34.7 Å². The van der Waals surface area contributed by atoms with E-state index in [1.165, 1.54) is 10.9 Å². The molecular weight excluding hydrogens is 474 g/mol. The highest BCUT2D eigenvalue weighted by atomic mass is 32.1. The summed E-state index contributed by atoms with van der Waals surface area (Å²) in [5, 5.41) is 13.5. The van der Waals surface area contributed by atoms with Crippen molar-refractivity contribution in [3.05, 3.63) is 96.7 Å². The Morgan fingerprint density at radius 3 is 2.56 bits per heavy atom. The summed E-state index contributed by atoms with van der Waals surface area (Å²) in [6.45, 7) is 8.02. The Bertz CT molecular complexity index is 1280. The van der Waals surface area contributed by atoms with Crippen LogP contribution in [-0.2, 0) is 11.2 Å². The summed E-state index contributed by atoms with van der Waals surface area (Å²) in [5.74, 6) is -0.506. The fourth-order valence-electron chi connectivity index (χ4n) is 4.68. The molecule has 1 aliphatic rings. The zero-order chi connectivity index (χ0) is 26.0. The number of nitro benzene ring substituents is 1. The predicted octanol–water partition coefficient (Wildman–Crippen LogP) is 5.69. The number of amides is 2. The molecule has 2 atom stereocenters. The number of fused-ring (bicyclic) bond motifs is 1. The SMILES string of the molecule is CCC(C)N(CC(=O)N1CCc2sccc2C1c1ccc(C)cc1)C(=O)c1ccc(C)c([N+](=O)[O-])c1. The number of nitro groups is 1. The van der Waals surface area contributed by atoms with Crippen LogP contribution in [0.5, 0.6) is 0 Å². The van der Waals surface area contributed by atoms with Crippen molar-refractivity contribution in [2.75, 3.05) is 13.1 Å². The number of carbonyl (C=O) groups is 2. The molecule has 0 radical (unpaired) electrons. The molecule has 2 heterocycles. The van der Waals surface area contributed by atoms with Crippen LogP contribution in [0.3, 0.4) is 0 Å². The van der Waals surface area contributed by atoms with E-state index in [1.54, 1.807) is 35.3 Å². The largest absolute Gasteiger partial charge is 0.330 e. The number of thiophene rings is 1. The quantitative estimate of drug-likeness (QED) is 0.305. The van der Waals surface area contributed by atoms with Gasteiger partial charge in [0.05, 0.1) is 11.0 Å². The fraction of sp³-hybridized carbons (Fsp3) is 0.357. The van der Waals surface area contributed by atoms with Crippen molar-refractivity contribution in [3.63, 3.8) is 0 Å². The van der Waals surface area contributed by atoms with Gasteiger partial charge in [0.25, 0.3) is 11.6 Å². The Labute approximate surface area is 215 Å².